The molecule has 1 saturated carbocycles. The van der Waals surface area contributed by atoms with Crippen LogP contribution in [0.4, 0.5) is 5.69 Å². The SMILES string of the molecule is COc1cc(C)c(NC(C)C2CCCCC2)cc1OC. The maximum atomic E-state index is 5.39. The summed E-state index contributed by atoms with van der Waals surface area (Å²) in [5, 5.41) is 3.67. The summed E-state index contributed by atoms with van der Waals surface area (Å²) >= 11 is 0. The van der Waals surface area contributed by atoms with Gasteiger partial charge in [-0.1, -0.05) is 19.3 Å². The summed E-state index contributed by atoms with van der Waals surface area (Å²) in [5.41, 5.74) is 2.35. The average Bonchev–Trinajstić information content (AvgIpc) is 2.49. The number of anilines is 1. The Bertz CT molecular complexity index is 439. The second-order valence-corrected chi connectivity index (χ2v) is 5.85. The fourth-order valence-electron chi connectivity index (χ4n) is 3.13. The van der Waals surface area contributed by atoms with Crippen molar-refractivity contribution < 1.29 is 9.47 Å². The first-order chi connectivity index (χ1) is 9.65. The summed E-state index contributed by atoms with van der Waals surface area (Å²) in [4.78, 5) is 0. The molecule has 0 spiro atoms. The van der Waals surface area contributed by atoms with Gasteiger partial charge in [-0.3, -0.25) is 0 Å². The molecule has 0 heterocycles. The topological polar surface area (TPSA) is 30.5 Å². The van der Waals surface area contributed by atoms with Gasteiger partial charge in [0.15, 0.2) is 11.5 Å². The highest BCUT2D eigenvalue weighted by Crippen LogP contribution is 2.34. The third-order valence-electron chi connectivity index (χ3n) is 4.47. The van der Waals surface area contributed by atoms with Crippen LogP contribution in [-0.4, -0.2) is 20.3 Å². The molecule has 0 saturated heterocycles. The predicted octanol–water partition coefficient (Wildman–Crippen LogP) is 4.39. The van der Waals surface area contributed by atoms with Crippen molar-refractivity contribution in [2.24, 2.45) is 5.92 Å². The number of hydrogen-bond donors (Lipinski definition) is 1. The molecular formula is C17H27NO2. The van der Waals surface area contributed by atoms with Crippen molar-refractivity contribution in [3.63, 3.8) is 0 Å². The highest BCUT2D eigenvalue weighted by Gasteiger charge is 2.20. The Morgan fingerprint density at radius 2 is 1.65 bits per heavy atom. The van der Waals surface area contributed by atoms with Crippen LogP contribution in [0.15, 0.2) is 12.1 Å². The molecule has 2 rings (SSSR count). The molecule has 3 heteroatoms. The summed E-state index contributed by atoms with van der Waals surface area (Å²) < 4.78 is 10.7. The summed E-state index contributed by atoms with van der Waals surface area (Å²) in [6, 6.07) is 4.59. The van der Waals surface area contributed by atoms with Crippen LogP contribution in [0.1, 0.15) is 44.6 Å². The molecule has 1 atom stereocenters. The molecule has 1 aromatic rings. The van der Waals surface area contributed by atoms with Gasteiger partial charge < -0.3 is 14.8 Å². The van der Waals surface area contributed by atoms with Gasteiger partial charge in [0.2, 0.25) is 0 Å². The summed E-state index contributed by atoms with van der Waals surface area (Å²) in [6.07, 6.45) is 6.85. The number of methoxy groups -OCH3 is 2. The minimum atomic E-state index is 0.507. The standard InChI is InChI=1S/C17H27NO2/c1-12-10-16(19-3)17(20-4)11-15(12)18-13(2)14-8-6-5-7-9-14/h10-11,13-14,18H,5-9H2,1-4H3. The van der Waals surface area contributed by atoms with Crippen molar-refractivity contribution in [1.82, 2.24) is 0 Å². The van der Waals surface area contributed by atoms with E-state index in [4.69, 9.17) is 9.47 Å². The van der Waals surface area contributed by atoms with E-state index in [1.54, 1.807) is 14.2 Å². The smallest absolute Gasteiger partial charge is 0.162 e. The number of benzene rings is 1. The van der Waals surface area contributed by atoms with Gasteiger partial charge in [0.05, 0.1) is 14.2 Å². The molecule has 1 aliphatic carbocycles. The van der Waals surface area contributed by atoms with E-state index in [-0.39, 0.29) is 0 Å². The zero-order valence-corrected chi connectivity index (χ0v) is 13.2. The van der Waals surface area contributed by atoms with Crippen LogP contribution in [0, 0.1) is 12.8 Å². The first kappa shape index (κ1) is 15.0. The van der Waals surface area contributed by atoms with E-state index in [2.05, 4.69) is 19.2 Å². The fraction of sp³-hybridized carbons (Fsp3) is 0.647. The highest BCUT2D eigenvalue weighted by molar-refractivity contribution is 5.60. The van der Waals surface area contributed by atoms with E-state index in [1.165, 1.54) is 37.7 Å². The predicted molar refractivity (Wildman–Crippen MR) is 83.9 cm³/mol. The van der Waals surface area contributed by atoms with Crippen LogP contribution >= 0.6 is 0 Å². The lowest BCUT2D eigenvalue weighted by Crippen LogP contribution is -2.28. The van der Waals surface area contributed by atoms with Crippen molar-refractivity contribution >= 4 is 5.69 Å². The van der Waals surface area contributed by atoms with E-state index in [1.807, 2.05) is 12.1 Å². The van der Waals surface area contributed by atoms with E-state index in [0.29, 0.717) is 6.04 Å². The zero-order chi connectivity index (χ0) is 14.5. The van der Waals surface area contributed by atoms with Crippen molar-refractivity contribution in [2.75, 3.05) is 19.5 Å². The minimum Gasteiger partial charge on any atom is -0.493 e. The first-order valence-corrected chi connectivity index (χ1v) is 7.65. The monoisotopic (exact) mass is 277 g/mol. The maximum absolute atomic E-state index is 5.39. The molecule has 112 valence electrons. The molecule has 1 aromatic carbocycles. The van der Waals surface area contributed by atoms with Crippen LogP contribution in [0.5, 0.6) is 11.5 Å². The lowest BCUT2D eigenvalue weighted by molar-refractivity contribution is 0.328. The Morgan fingerprint density at radius 3 is 2.25 bits per heavy atom. The van der Waals surface area contributed by atoms with Gasteiger partial charge in [-0.25, -0.2) is 0 Å². The number of nitrogens with one attached hydrogen (secondary N) is 1. The normalized spacial score (nSPS) is 17.6. The van der Waals surface area contributed by atoms with Gasteiger partial charge in [-0.05, 0) is 44.2 Å². The van der Waals surface area contributed by atoms with Crippen molar-refractivity contribution in [2.45, 2.75) is 52.0 Å². The minimum absolute atomic E-state index is 0.507. The molecule has 1 aliphatic rings. The molecule has 0 radical (unpaired) electrons. The fourth-order valence-corrected chi connectivity index (χ4v) is 3.13. The van der Waals surface area contributed by atoms with Crippen LogP contribution in [-0.2, 0) is 0 Å². The summed E-state index contributed by atoms with van der Waals surface area (Å²) in [6.45, 7) is 4.41. The van der Waals surface area contributed by atoms with Crippen LogP contribution in [0.2, 0.25) is 0 Å². The highest BCUT2D eigenvalue weighted by atomic mass is 16.5. The van der Waals surface area contributed by atoms with Crippen LogP contribution < -0.4 is 14.8 Å². The Balaban J connectivity index is 2.11. The van der Waals surface area contributed by atoms with E-state index < -0.39 is 0 Å². The number of aryl methyl sites for hydroxylation is 1. The second-order valence-electron chi connectivity index (χ2n) is 5.85. The largest absolute Gasteiger partial charge is 0.493 e. The quantitative estimate of drug-likeness (QED) is 0.865. The lowest BCUT2D eigenvalue weighted by Gasteiger charge is -2.29. The van der Waals surface area contributed by atoms with Gasteiger partial charge in [-0.2, -0.15) is 0 Å². The molecule has 20 heavy (non-hydrogen) atoms. The van der Waals surface area contributed by atoms with Gasteiger partial charge in [-0.15, -0.1) is 0 Å². The second kappa shape index (κ2) is 6.87. The van der Waals surface area contributed by atoms with Crippen molar-refractivity contribution in [3.05, 3.63) is 17.7 Å². The lowest BCUT2D eigenvalue weighted by atomic mass is 9.84. The molecule has 1 fully saturated rings. The van der Waals surface area contributed by atoms with Gasteiger partial charge in [0.25, 0.3) is 0 Å². The Hall–Kier alpha value is -1.38. The molecule has 1 N–H and O–H groups in total. The van der Waals surface area contributed by atoms with E-state index in [0.717, 1.165) is 23.1 Å². The zero-order valence-electron chi connectivity index (χ0n) is 13.2. The van der Waals surface area contributed by atoms with Crippen molar-refractivity contribution in [3.8, 4) is 11.5 Å². The number of ether oxygens (including phenoxy) is 2. The van der Waals surface area contributed by atoms with Crippen LogP contribution in [0.3, 0.4) is 0 Å². The average molecular weight is 277 g/mol. The van der Waals surface area contributed by atoms with Gasteiger partial charge in [0.1, 0.15) is 0 Å². The van der Waals surface area contributed by atoms with Gasteiger partial charge in [0, 0.05) is 17.8 Å². The van der Waals surface area contributed by atoms with E-state index in [9.17, 15) is 0 Å². The first-order valence-electron chi connectivity index (χ1n) is 7.65. The molecule has 3 nitrogen and oxygen atoms in total. The molecule has 0 amide bonds. The molecular weight excluding hydrogens is 250 g/mol. The third kappa shape index (κ3) is 3.38. The Kier molecular flexibility index (Phi) is 5.16. The van der Waals surface area contributed by atoms with Gasteiger partial charge >= 0.3 is 0 Å². The molecule has 0 aromatic heterocycles. The van der Waals surface area contributed by atoms with E-state index >= 15 is 0 Å². The number of rotatable bonds is 5. The third-order valence-corrected chi connectivity index (χ3v) is 4.47. The molecule has 0 bridgehead atoms. The molecule has 1 unspecified atom stereocenters. The Labute approximate surface area is 122 Å². The summed E-state index contributed by atoms with van der Waals surface area (Å²) in [7, 11) is 3.36. The summed E-state index contributed by atoms with van der Waals surface area (Å²) in [5.74, 6) is 2.37. The number of hydrogen-bond acceptors (Lipinski definition) is 3. The van der Waals surface area contributed by atoms with Crippen molar-refractivity contribution in [1.29, 1.82) is 0 Å². The molecule has 0 aliphatic heterocycles. The maximum Gasteiger partial charge on any atom is 0.162 e. The van der Waals surface area contributed by atoms with Crippen LogP contribution in [0.25, 0.3) is 0 Å². The Morgan fingerprint density at radius 1 is 1.05 bits per heavy atom.